The van der Waals surface area contributed by atoms with Crippen LogP contribution in [0.25, 0.3) is 10.9 Å². The molecule has 1 atom stereocenters. The summed E-state index contributed by atoms with van der Waals surface area (Å²) in [5, 5.41) is 14.7. The Balaban J connectivity index is 2.15. The molecule has 8 heteroatoms. The Labute approximate surface area is 132 Å². The third-order valence-electron chi connectivity index (χ3n) is 3.73. The quantitative estimate of drug-likeness (QED) is 0.757. The number of methoxy groups -OCH3 is 1. The number of hydrogen-bond donors (Lipinski definition) is 2. The predicted molar refractivity (Wildman–Crippen MR) is 83.0 cm³/mol. The van der Waals surface area contributed by atoms with Gasteiger partial charge in [-0.05, 0) is 32.0 Å². The average molecular weight is 336 g/mol. The first-order valence-electron chi connectivity index (χ1n) is 6.86. The molecular weight excluding hydrogens is 320 g/mol. The SMILES string of the molecule is COc1ccc2[nH]cc(C(O)S(=O)(=O)c3c(C)noc3C)c2c1. The molecule has 0 saturated carbocycles. The van der Waals surface area contributed by atoms with E-state index in [1.807, 2.05) is 0 Å². The Kier molecular flexibility index (Phi) is 3.65. The fraction of sp³-hybridized carbons (Fsp3) is 0.267. The van der Waals surface area contributed by atoms with Crippen molar-refractivity contribution in [3.63, 3.8) is 0 Å². The van der Waals surface area contributed by atoms with Crippen molar-refractivity contribution < 1.29 is 22.8 Å². The van der Waals surface area contributed by atoms with Gasteiger partial charge in [0.1, 0.15) is 10.6 Å². The second kappa shape index (κ2) is 5.39. The summed E-state index contributed by atoms with van der Waals surface area (Å²) >= 11 is 0. The van der Waals surface area contributed by atoms with Crippen molar-refractivity contribution in [2.24, 2.45) is 0 Å². The fourth-order valence-corrected chi connectivity index (χ4v) is 4.25. The minimum absolute atomic E-state index is 0.0813. The molecule has 2 heterocycles. The van der Waals surface area contributed by atoms with E-state index in [0.717, 1.165) is 0 Å². The minimum Gasteiger partial charge on any atom is -0.497 e. The molecule has 0 saturated heterocycles. The molecular formula is C15H16N2O5S. The van der Waals surface area contributed by atoms with Crippen LogP contribution in [0, 0.1) is 13.8 Å². The molecule has 122 valence electrons. The van der Waals surface area contributed by atoms with Gasteiger partial charge in [-0.1, -0.05) is 5.16 Å². The van der Waals surface area contributed by atoms with E-state index < -0.39 is 15.3 Å². The van der Waals surface area contributed by atoms with Crippen molar-refractivity contribution in [2.75, 3.05) is 7.11 Å². The smallest absolute Gasteiger partial charge is 0.214 e. The third-order valence-corrected chi connectivity index (χ3v) is 5.73. The van der Waals surface area contributed by atoms with E-state index in [1.54, 1.807) is 18.2 Å². The van der Waals surface area contributed by atoms with Gasteiger partial charge < -0.3 is 19.4 Å². The molecule has 0 aliphatic heterocycles. The third kappa shape index (κ3) is 2.40. The first-order chi connectivity index (χ1) is 10.9. The standard InChI is InChI=1S/C15H16N2O5S/c1-8-14(9(2)22-17-8)23(19,20)15(18)12-7-16-13-5-4-10(21-3)6-11(12)13/h4-7,15-16,18H,1-3H3. The van der Waals surface area contributed by atoms with Crippen LogP contribution in [0.5, 0.6) is 5.75 Å². The number of sulfone groups is 1. The highest BCUT2D eigenvalue weighted by Gasteiger charge is 2.34. The summed E-state index contributed by atoms with van der Waals surface area (Å²) in [6.45, 7) is 3.02. The maximum absolute atomic E-state index is 12.7. The first kappa shape index (κ1) is 15.6. The number of hydrogen-bond acceptors (Lipinski definition) is 6. The average Bonchev–Trinajstić information content (AvgIpc) is 3.09. The summed E-state index contributed by atoms with van der Waals surface area (Å²) in [6, 6.07) is 5.18. The Morgan fingerprint density at radius 1 is 1.35 bits per heavy atom. The van der Waals surface area contributed by atoms with E-state index in [4.69, 9.17) is 9.26 Å². The van der Waals surface area contributed by atoms with Crippen molar-refractivity contribution in [1.29, 1.82) is 0 Å². The lowest BCUT2D eigenvalue weighted by atomic mass is 10.2. The molecule has 0 bridgehead atoms. The number of aliphatic hydroxyl groups excluding tert-OH is 1. The van der Waals surface area contributed by atoms with Gasteiger partial charge in [-0.3, -0.25) is 0 Å². The van der Waals surface area contributed by atoms with Crippen LogP contribution < -0.4 is 4.74 Å². The highest BCUT2D eigenvalue weighted by molar-refractivity contribution is 7.91. The summed E-state index contributed by atoms with van der Waals surface area (Å²) in [4.78, 5) is 2.87. The van der Waals surface area contributed by atoms with Crippen LogP contribution >= 0.6 is 0 Å². The van der Waals surface area contributed by atoms with Gasteiger partial charge in [-0.2, -0.15) is 0 Å². The number of aromatic amines is 1. The topological polar surface area (TPSA) is 105 Å². The Morgan fingerprint density at radius 2 is 2.09 bits per heavy atom. The molecule has 1 unspecified atom stereocenters. The number of aryl methyl sites for hydroxylation is 2. The highest BCUT2D eigenvalue weighted by atomic mass is 32.2. The van der Waals surface area contributed by atoms with Gasteiger partial charge in [0.05, 0.1) is 12.8 Å². The van der Waals surface area contributed by atoms with Gasteiger partial charge in [0.15, 0.2) is 11.2 Å². The minimum atomic E-state index is -4.05. The molecule has 1 aromatic carbocycles. The lowest BCUT2D eigenvalue weighted by Gasteiger charge is -2.11. The monoisotopic (exact) mass is 336 g/mol. The Bertz CT molecular complexity index is 952. The zero-order valence-corrected chi connectivity index (χ0v) is 13.6. The second-order valence-electron chi connectivity index (χ2n) is 5.21. The van der Waals surface area contributed by atoms with Gasteiger partial charge in [-0.15, -0.1) is 0 Å². The zero-order valence-electron chi connectivity index (χ0n) is 12.8. The number of H-pyrrole nitrogens is 1. The van der Waals surface area contributed by atoms with Gasteiger partial charge >= 0.3 is 0 Å². The first-order valence-corrected chi connectivity index (χ1v) is 8.40. The van der Waals surface area contributed by atoms with Crippen LogP contribution in [0.15, 0.2) is 33.8 Å². The molecule has 7 nitrogen and oxygen atoms in total. The van der Waals surface area contributed by atoms with Crippen molar-refractivity contribution in [3.05, 3.63) is 41.4 Å². The number of aliphatic hydroxyl groups is 1. The summed E-state index contributed by atoms with van der Waals surface area (Å²) in [5.41, 5.74) is -0.563. The van der Waals surface area contributed by atoms with E-state index in [1.165, 1.54) is 27.2 Å². The number of ether oxygens (including phenoxy) is 1. The normalized spacial score (nSPS) is 13.4. The Morgan fingerprint density at radius 3 is 2.70 bits per heavy atom. The molecule has 0 fully saturated rings. The summed E-state index contributed by atoms with van der Waals surface area (Å²) in [5.74, 6) is 0.722. The van der Waals surface area contributed by atoms with Crippen LogP contribution in [0.2, 0.25) is 0 Å². The number of fused-ring (bicyclic) bond motifs is 1. The van der Waals surface area contributed by atoms with Crippen molar-refractivity contribution in [1.82, 2.24) is 10.1 Å². The lowest BCUT2D eigenvalue weighted by Crippen LogP contribution is -2.14. The predicted octanol–water partition coefficient (Wildman–Crippen LogP) is 2.25. The lowest BCUT2D eigenvalue weighted by molar-refractivity contribution is 0.255. The maximum atomic E-state index is 12.7. The summed E-state index contributed by atoms with van der Waals surface area (Å²) in [7, 11) is -2.53. The number of aromatic nitrogens is 2. The van der Waals surface area contributed by atoms with E-state index in [9.17, 15) is 13.5 Å². The van der Waals surface area contributed by atoms with Gasteiger partial charge in [0.2, 0.25) is 9.84 Å². The molecule has 0 aliphatic rings. The number of nitrogens with zero attached hydrogens (tertiary/aromatic N) is 1. The highest BCUT2D eigenvalue weighted by Crippen LogP contribution is 2.35. The number of rotatable bonds is 4. The van der Waals surface area contributed by atoms with Gasteiger partial charge in [-0.25, -0.2) is 8.42 Å². The maximum Gasteiger partial charge on any atom is 0.214 e. The molecule has 2 aromatic heterocycles. The molecule has 0 radical (unpaired) electrons. The fourth-order valence-electron chi connectivity index (χ4n) is 2.61. The van der Waals surface area contributed by atoms with Crippen LogP contribution in [-0.4, -0.2) is 30.8 Å². The van der Waals surface area contributed by atoms with Crippen LogP contribution in [0.3, 0.4) is 0 Å². The van der Waals surface area contributed by atoms with E-state index in [0.29, 0.717) is 16.7 Å². The molecule has 23 heavy (non-hydrogen) atoms. The van der Waals surface area contributed by atoms with Crippen LogP contribution in [-0.2, 0) is 9.84 Å². The molecule has 0 spiro atoms. The van der Waals surface area contributed by atoms with Crippen molar-refractivity contribution >= 4 is 20.7 Å². The number of nitrogens with one attached hydrogen (secondary N) is 1. The van der Waals surface area contributed by atoms with E-state index >= 15 is 0 Å². The van der Waals surface area contributed by atoms with E-state index in [2.05, 4.69) is 10.1 Å². The molecule has 2 N–H and O–H groups in total. The summed E-state index contributed by atoms with van der Waals surface area (Å²) in [6.07, 6.45) is 1.48. The number of benzene rings is 1. The molecule has 0 amide bonds. The molecule has 3 rings (SSSR count). The zero-order chi connectivity index (χ0) is 16.8. The van der Waals surface area contributed by atoms with Crippen molar-refractivity contribution in [3.8, 4) is 5.75 Å². The molecule has 0 aliphatic carbocycles. The second-order valence-corrected chi connectivity index (χ2v) is 7.15. The summed E-state index contributed by atoms with van der Waals surface area (Å²) < 4.78 is 35.5. The van der Waals surface area contributed by atoms with Gasteiger partial charge in [0, 0.05) is 22.7 Å². The largest absolute Gasteiger partial charge is 0.497 e. The van der Waals surface area contributed by atoms with Gasteiger partial charge in [0.25, 0.3) is 0 Å². The Hall–Kier alpha value is -2.32. The van der Waals surface area contributed by atoms with Crippen molar-refractivity contribution in [2.45, 2.75) is 24.2 Å². The molecule has 3 aromatic rings. The van der Waals surface area contributed by atoms with Crippen LogP contribution in [0.4, 0.5) is 0 Å². The van der Waals surface area contributed by atoms with E-state index in [-0.39, 0.29) is 21.9 Å². The van der Waals surface area contributed by atoms with Crippen LogP contribution in [0.1, 0.15) is 22.5 Å².